The number of nitrogens with one attached hydrogen (secondary N) is 1. The van der Waals surface area contributed by atoms with Gasteiger partial charge in [-0.3, -0.25) is 4.79 Å². The molecule has 1 amide bonds. The van der Waals surface area contributed by atoms with E-state index < -0.39 is 11.7 Å². The van der Waals surface area contributed by atoms with Gasteiger partial charge in [-0.25, -0.2) is 4.39 Å². The summed E-state index contributed by atoms with van der Waals surface area (Å²) >= 11 is 8.49. The summed E-state index contributed by atoms with van der Waals surface area (Å²) in [4.78, 5) is 11.3. The Bertz CT molecular complexity index is 346. The van der Waals surface area contributed by atoms with E-state index in [-0.39, 0.29) is 5.56 Å². The van der Waals surface area contributed by atoms with Crippen molar-refractivity contribution in [3.05, 3.63) is 34.1 Å². The molecule has 0 fully saturated rings. The number of carbonyl (C=O) groups excluding carboxylic acids is 1. The van der Waals surface area contributed by atoms with Crippen LogP contribution in [-0.4, -0.2) is 18.3 Å². The second kappa shape index (κ2) is 5.32. The van der Waals surface area contributed by atoms with Gasteiger partial charge in [-0.2, -0.15) is 0 Å². The molecule has 0 unspecified atom stereocenters. The molecule has 0 aromatic heterocycles. The van der Waals surface area contributed by atoms with Gasteiger partial charge < -0.3 is 5.32 Å². The molecule has 76 valence electrons. The normalized spacial score (nSPS) is 9.93. The van der Waals surface area contributed by atoms with Gasteiger partial charge in [0.05, 0.1) is 5.56 Å². The lowest BCUT2D eigenvalue weighted by Crippen LogP contribution is -2.26. The third kappa shape index (κ3) is 2.96. The van der Waals surface area contributed by atoms with Gasteiger partial charge in [0.2, 0.25) is 0 Å². The van der Waals surface area contributed by atoms with Gasteiger partial charge in [-0.05, 0) is 18.2 Å². The lowest BCUT2D eigenvalue weighted by molar-refractivity contribution is 0.0952. The number of hydrogen-bond acceptors (Lipinski definition) is 1. The summed E-state index contributed by atoms with van der Waals surface area (Å²) in [5, 5.41) is 2.48. The third-order valence-corrected chi connectivity index (χ3v) is 2.24. The Balaban J connectivity index is 2.80. The molecular formula is C9H8BrClFNO. The van der Waals surface area contributed by atoms with Crippen molar-refractivity contribution < 1.29 is 9.18 Å². The number of carbonyl (C=O) groups is 1. The van der Waals surface area contributed by atoms with Crippen molar-refractivity contribution in [1.82, 2.24) is 5.32 Å². The molecule has 5 heteroatoms. The van der Waals surface area contributed by atoms with E-state index in [0.29, 0.717) is 16.9 Å². The molecule has 0 aliphatic heterocycles. The zero-order chi connectivity index (χ0) is 10.6. The first-order valence-corrected chi connectivity index (χ1v) is 5.27. The SMILES string of the molecule is O=C(NCCCl)c1ccc(Br)cc1F. The number of alkyl halides is 1. The molecule has 0 atom stereocenters. The number of benzene rings is 1. The summed E-state index contributed by atoms with van der Waals surface area (Å²) in [7, 11) is 0. The Morgan fingerprint density at radius 2 is 2.29 bits per heavy atom. The van der Waals surface area contributed by atoms with Crippen molar-refractivity contribution in [3.8, 4) is 0 Å². The van der Waals surface area contributed by atoms with E-state index in [4.69, 9.17) is 11.6 Å². The van der Waals surface area contributed by atoms with E-state index in [9.17, 15) is 9.18 Å². The number of halogens is 3. The quantitative estimate of drug-likeness (QED) is 0.847. The van der Waals surface area contributed by atoms with Crippen molar-refractivity contribution in [2.75, 3.05) is 12.4 Å². The molecule has 0 spiro atoms. The molecule has 0 bridgehead atoms. The van der Waals surface area contributed by atoms with Crippen LogP contribution in [-0.2, 0) is 0 Å². The predicted molar refractivity (Wildman–Crippen MR) is 57.2 cm³/mol. The van der Waals surface area contributed by atoms with E-state index in [1.807, 2.05) is 0 Å². The lowest BCUT2D eigenvalue weighted by atomic mass is 10.2. The summed E-state index contributed by atoms with van der Waals surface area (Å²) in [5.41, 5.74) is 0.0262. The van der Waals surface area contributed by atoms with Crippen LogP contribution in [0.2, 0.25) is 0 Å². The first-order chi connectivity index (χ1) is 6.65. The minimum atomic E-state index is -0.550. The molecule has 0 heterocycles. The van der Waals surface area contributed by atoms with E-state index in [1.165, 1.54) is 12.1 Å². The highest BCUT2D eigenvalue weighted by atomic mass is 79.9. The molecule has 1 N–H and O–H groups in total. The van der Waals surface area contributed by atoms with Gasteiger partial charge >= 0.3 is 0 Å². The van der Waals surface area contributed by atoms with Crippen LogP contribution < -0.4 is 5.32 Å². The molecule has 0 aliphatic rings. The van der Waals surface area contributed by atoms with Crippen molar-refractivity contribution in [2.45, 2.75) is 0 Å². The van der Waals surface area contributed by atoms with Crippen LogP contribution in [0.5, 0.6) is 0 Å². The summed E-state index contributed by atoms with van der Waals surface area (Å²) in [6, 6.07) is 4.28. The van der Waals surface area contributed by atoms with Gasteiger partial charge in [0.15, 0.2) is 0 Å². The molecule has 1 rings (SSSR count). The van der Waals surface area contributed by atoms with Gasteiger partial charge in [-0.15, -0.1) is 11.6 Å². The minimum absolute atomic E-state index is 0.0262. The largest absolute Gasteiger partial charge is 0.351 e. The molecule has 0 saturated heterocycles. The fraction of sp³-hybridized carbons (Fsp3) is 0.222. The highest BCUT2D eigenvalue weighted by Gasteiger charge is 2.10. The van der Waals surface area contributed by atoms with E-state index in [0.717, 1.165) is 0 Å². The maximum Gasteiger partial charge on any atom is 0.254 e. The molecule has 0 radical (unpaired) electrons. The zero-order valence-corrected chi connectivity index (χ0v) is 9.53. The fourth-order valence-corrected chi connectivity index (χ4v) is 1.36. The van der Waals surface area contributed by atoms with Gasteiger partial charge in [-0.1, -0.05) is 15.9 Å². The topological polar surface area (TPSA) is 29.1 Å². The Hall–Kier alpha value is -0.610. The van der Waals surface area contributed by atoms with E-state index >= 15 is 0 Å². The summed E-state index contributed by atoms with van der Waals surface area (Å²) < 4.78 is 13.8. The van der Waals surface area contributed by atoms with Gasteiger partial charge in [0.1, 0.15) is 5.82 Å². The first-order valence-electron chi connectivity index (χ1n) is 3.94. The number of rotatable bonds is 3. The van der Waals surface area contributed by atoms with Crippen LogP contribution in [0.1, 0.15) is 10.4 Å². The predicted octanol–water partition coefficient (Wildman–Crippen LogP) is 2.56. The van der Waals surface area contributed by atoms with Crippen molar-refractivity contribution in [1.29, 1.82) is 0 Å². The summed E-state index contributed by atoms with van der Waals surface area (Å²) in [6.07, 6.45) is 0. The first kappa shape index (κ1) is 11.5. The van der Waals surface area contributed by atoms with Crippen LogP contribution in [0.3, 0.4) is 0 Å². The number of hydrogen-bond donors (Lipinski definition) is 1. The maximum absolute atomic E-state index is 13.2. The van der Waals surface area contributed by atoms with Gasteiger partial charge in [0, 0.05) is 16.9 Å². The smallest absolute Gasteiger partial charge is 0.254 e. The standard InChI is InChI=1S/C9H8BrClFNO/c10-6-1-2-7(8(12)5-6)9(14)13-4-3-11/h1-2,5H,3-4H2,(H,13,14). The van der Waals surface area contributed by atoms with Crippen LogP contribution in [0.4, 0.5) is 4.39 Å². The van der Waals surface area contributed by atoms with Crippen molar-refractivity contribution in [3.63, 3.8) is 0 Å². The summed E-state index contributed by atoms with van der Waals surface area (Å²) in [5.74, 6) is -0.689. The average molecular weight is 281 g/mol. The lowest BCUT2D eigenvalue weighted by Gasteiger charge is -2.04. The second-order valence-electron chi connectivity index (χ2n) is 2.57. The Morgan fingerprint density at radius 1 is 1.57 bits per heavy atom. The monoisotopic (exact) mass is 279 g/mol. The number of amides is 1. The highest BCUT2D eigenvalue weighted by Crippen LogP contribution is 2.14. The van der Waals surface area contributed by atoms with E-state index in [1.54, 1.807) is 6.07 Å². The molecule has 14 heavy (non-hydrogen) atoms. The molecule has 0 aliphatic carbocycles. The average Bonchev–Trinajstić information content (AvgIpc) is 2.14. The van der Waals surface area contributed by atoms with Crippen molar-refractivity contribution >= 4 is 33.4 Å². The van der Waals surface area contributed by atoms with Crippen LogP contribution >= 0.6 is 27.5 Å². The Kier molecular flexibility index (Phi) is 4.35. The Morgan fingerprint density at radius 3 is 2.86 bits per heavy atom. The molecule has 1 aromatic rings. The third-order valence-electron chi connectivity index (χ3n) is 1.56. The summed E-state index contributed by atoms with van der Waals surface area (Å²) in [6.45, 7) is 0.329. The maximum atomic E-state index is 13.2. The molecule has 0 saturated carbocycles. The van der Waals surface area contributed by atoms with Crippen LogP contribution in [0.15, 0.2) is 22.7 Å². The van der Waals surface area contributed by atoms with Crippen LogP contribution in [0, 0.1) is 5.82 Å². The minimum Gasteiger partial charge on any atom is -0.351 e. The second-order valence-corrected chi connectivity index (χ2v) is 3.86. The molecule has 1 aromatic carbocycles. The fourth-order valence-electron chi connectivity index (χ4n) is 0.930. The molecule has 2 nitrogen and oxygen atoms in total. The zero-order valence-electron chi connectivity index (χ0n) is 7.19. The van der Waals surface area contributed by atoms with E-state index in [2.05, 4.69) is 21.2 Å². The molecular weight excluding hydrogens is 272 g/mol. The van der Waals surface area contributed by atoms with Gasteiger partial charge in [0.25, 0.3) is 5.91 Å². The Labute approximate surface area is 94.6 Å². The highest BCUT2D eigenvalue weighted by molar-refractivity contribution is 9.10. The van der Waals surface area contributed by atoms with Crippen molar-refractivity contribution in [2.24, 2.45) is 0 Å². The van der Waals surface area contributed by atoms with Crippen LogP contribution in [0.25, 0.3) is 0 Å².